The van der Waals surface area contributed by atoms with Crippen molar-refractivity contribution in [2.45, 2.75) is 70.1 Å². The van der Waals surface area contributed by atoms with E-state index in [1.807, 2.05) is 0 Å². The molecule has 0 radical (unpaired) electrons. The van der Waals surface area contributed by atoms with E-state index in [1.165, 1.54) is 51.5 Å². The van der Waals surface area contributed by atoms with E-state index in [0.29, 0.717) is 12.1 Å². The van der Waals surface area contributed by atoms with Crippen LogP contribution in [0.3, 0.4) is 0 Å². The van der Waals surface area contributed by atoms with Crippen LogP contribution in [-0.2, 0) is 4.74 Å². The zero-order chi connectivity index (χ0) is 12.1. The summed E-state index contributed by atoms with van der Waals surface area (Å²) in [5.74, 6) is 0. The topological polar surface area (TPSA) is 38.5 Å². The molecule has 0 aliphatic carbocycles. The van der Waals surface area contributed by atoms with Crippen molar-refractivity contribution in [2.24, 2.45) is 5.73 Å². The highest BCUT2D eigenvalue weighted by molar-refractivity contribution is 4.83. The summed E-state index contributed by atoms with van der Waals surface area (Å²) in [7, 11) is 0. The number of nitrogens with two attached hydrogens (primary N) is 1. The molecule has 0 spiro atoms. The fraction of sp³-hybridized carbons (Fsp3) is 1.00. The Balaban J connectivity index is 1.71. The number of likely N-dealkylation sites (tertiary alicyclic amines) is 1. The molecule has 2 aliphatic heterocycles. The van der Waals surface area contributed by atoms with E-state index >= 15 is 0 Å². The summed E-state index contributed by atoms with van der Waals surface area (Å²) >= 11 is 0. The molecule has 2 aliphatic rings. The molecular weight excluding hydrogens is 212 g/mol. The van der Waals surface area contributed by atoms with Gasteiger partial charge >= 0.3 is 0 Å². The summed E-state index contributed by atoms with van der Waals surface area (Å²) in [6.07, 6.45) is 9.58. The van der Waals surface area contributed by atoms with Crippen LogP contribution in [0.1, 0.15) is 51.9 Å². The lowest BCUT2D eigenvalue weighted by molar-refractivity contribution is 0.0745. The van der Waals surface area contributed by atoms with Gasteiger partial charge in [-0.3, -0.25) is 4.90 Å². The van der Waals surface area contributed by atoms with E-state index in [4.69, 9.17) is 10.5 Å². The second-order valence-electron chi connectivity index (χ2n) is 5.68. The maximum atomic E-state index is 5.88. The first-order chi connectivity index (χ1) is 8.31. The molecule has 0 aromatic carbocycles. The van der Waals surface area contributed by atoms with Gasteiger partial charge in [-0.15, -0.1) is 0 Å². The molecule has 2 rings (SSSR count). The van der Waals surface area contributed by atoms with Crippen LogP contribution in [0.15, 0.2) is 0 Å². The molecule has 100 valence electrons. The minimum absolute atomic E-state index is 0.548. The van der Waals surface area contributed by atoms with Crippen LogP contribution in [-0.4, -0.2) is 42.8 Å². The van der Waals surface area contributed by atoms with Crippen LogP contribution in [0, 0.1) is 0 Å². The summed E-state index contributed by atoms with van der Waals surface area (Å²) in [4.78, 5) is 2.64. The molecule has 2 saturated heterocycles. The van der Waals surface area contributed by atoms with Gasteiger partial charge < -0.3 is 10.5 Å². The Bertz CT molecular complexity index is 216. The van der Waals surface area contributed by atoms with Gasteiger partial charge in [-0.1, -0.05) is 6.42 Å². The molecule has 3 nitrogen and oxygen atoms in total. The summed E-state index contributed by atoms with van der Waals surface area (Å²) in [6, 6.07) is 1.35. The maximum Gasteiger partial charge on any atom is 0.0576 e. The molecule has 0 bridgehead atoms. The first-order valence-electron chi connectivity index (χ1n) is 7.38. The standard InChI is InChI=1S/C14H28N2O/c1-12-5-2-6-13(11-15)16(12)9-3-7-14-8-4-10-17-14/h12-14H,2-11,15H2,1H3. The molecule has 2 heterocycles. The maximum absolute atomic E-state index is 5.88. The largest absolute Gasteiger partial charge is 0.378 e. The number of rotatable bonds is 5. The highest BCUT2D eigenvalue weighted by Crippen LogP contribution is 2.23. The third kappa shape index (κ3) is 3.67. The van der Waals surface area contributed by atoms with Crippen molar-refractivity contribution >= 4 is 0 Å². The van der Waals surface area contributed by atoms with Crippen molar-refractivity contribution < 1.29 is 4.74 Å². The van der Waals surface area contributed by atoms with Gasteiger partial charge in [-0.05, 0) is 52.0 Å². The van der Waals surface area contributed by atoms with Crippen molar-refractivity contribution in [3.63, 3.8) is 0 Å². The van der Waals surface area contributed by atoms with Crippen molar-refractivity contribution in [2.75, 3.05) is 19.7 Å². The molecule has 0 aromatic heterocycles. The lowest BCUT2D eigenvalue weighted by atomic mass is 9.96. The zero-order valence-electron chi connectivity index (χ0n) is 11.2. The molecule has 2 N–H and O–H groups in total. The third-order valence-electron chi connectivity index (χ3n) is 4.43. The van der Waals surface area contributed by atoms with Gasteiger partial charge in [0.2, 0.25) is 0 Å². The van der Waals surface area contributed by atoms with Gasteiger partial charge in [-0.2, -0.15) is 0 Å². The predicted molar refractivity (Wildman–Crippen MR) is 71.1 cm³/mol. The molecule has 3 heteroatoms. The van der Waals surface area contributed by atoms with Crippen LogP contribution in [0.5, 0.6) is 0 Å². The molecule has 0 saturated carbocycles. The number of hydrogen-bond acceptors (Lipinski definition) is 3. The van der Waals surface area contributed by atoms with Crippen LogP contribution in [0.25, 0.3) is 0 Å². The summed E-state index contributed by atoms with van der Waals surface area (Å²) < 4.78 is 5.68. The Hall–Kier alpha value is -0.120. The first-order valence-corrected chi connectivity index (χ1v) is 7.38. The van der Waals surface area contributed by atoms with E-state index in [-0.39, 0.29) is 0 Å². The van der Waals surface area contributed by atoms with Gasteiger partial charge in [-0.25, -0.2) is 0 Å². The SMILES string of the molecule is CC1CCCC(CN)N1CCCC1CCCO1. The normalized spacial score (nSPS) is 35.3. The first kappa shape index (κ1) is 13.3. The van der Waals surface area contributed by atoms with E-state index in [2.05, 4.69) is 11.8 Å². The number of hydrogen-bond donors (Lipinski definition) is 1. The predicted octanol–water partition coefficient (Wildman–Crippen LogP) is 2.15. The minimum atomic E-state index is 0.548. The summed E-state index contributed by atoms with van der Waals surface area (Å²) in [5.41, 5.74) is 5.88. The average Bonchev–Trinajstić information content (AvgIpc) is 2.84. The lowest BCUT2D eigenvalue weighted by Crippen LogP contribution is -2.49. The lowest BCUT2D eigenvalue weighted by Gasteiger charge is -2.40. The van der Waals surface area contributed by atoms with Crippen LogP contribution >= 0.6 is 0 Å². The molecule has 2 fully saturated rings. The van der Waals surface area contributed by atoms with Crippen LogP contribution in [0.4, 0.5) is 0 Å². The quantitative estimate of drug-likeness (QED) is 0.800. The average molecular weight is 240 g/mol. The van der Waals surface area contributed by atoms with E-state index in [9.17, 15) is 0 Å². The number of piperidine rings is 1. The van der Waals surface area contributed by atoms with Gasteiger partial charge in [0.1, 0.15) is 0 Å². The Kier molecular flexibility index (Phi) is 5.26. The number of ether oxygens (including phenoxy) is 1. The van der Waals surface area contributed by atoms with Crippen molar-refractivity contribution in [1.82, 2.24) is 4.90 Å². The van der Waals surface area contributed by atoms with Crippen molar-refractivity contribution in [3.05, 3.63) is 0 Å². The molecule has 3 unspecified atom stereocenters. The Morgan fingerprint density at radius 2 is 2.12 bits per heavy atom. The minimum Gasteiger partial charge on any atom is -0.378 e. The Morgan fingerprint density at radius 3 is 2.82 bits per heavy atom. The highest BCUT2D eigenvalue weighted by Gasteiger charge is 2.26. The molecule has 3 atom stereocenters. The van der Waals surface area contributed by atoms with Crippen LogP contribution < -0.4 is 5.73 Å². The van der Waals surface area contributed by atoms with Gasteiger partial charge in [0, 0.05) is 25.2 Å². The van der Waals surface area contributed by atoms with E-state index < -0.39 is 0 Å². The van der Waals surface area contributed by atoms with Gasteiger partial charge in [0.25, 0.3) is 0 Å². The second kappa shape index (κ2) is 6.72. The fourth-order valence-electron chi connectivity index (χ4n) is 3.37. The smallest absolute Gasteiger partial charge is 0.0576 e. The van der Waals surface area contributed by atoms with E-state index in [0.717, 1.165) is 19.2 Å². The van der Waals surface area contributed by atoms with Gasteiger partial charge in [0.05, 0.1) is 6.10 Å². The van der Waals surface area contributed by atoms with Crippen LogP contribution in [0.2, 0.25) is 0 Å². The molecular formula is C14H28N2O. The monoisotopic (exact) mass is 240 g/mol. The van der Waals surface area contributed by atoms with Crippen molar-refractivity contribution in [3.8, 4) is 0 Å². The Morgan fingerprint density at radius 1 is 1.24 bits per heavy atom. The molecule has 17 heavy (non-hydrogen) atoms. The number of nitrogens with zero attached hydrogens (tertiary/aromatic N) is 1. The second-order valence-corrected chi connectivity index (χ2v) is 5.68. The highest BCUT2D eigenvalue weighted by atomic mass is 16.5. The van der Waals surface area contributed by atoms with E-state index in [1.54, 1.807) is 0 Å². The Labute approximate surface area is 106 Å². The molecule has 0 aromatic rings. The fourth-order valence-corrected chi connectivity index (χ4v) is 3.37. The van der Waals surface area contributed by atoms with Gasteiger partial charge in [0.15, 0.2) is 0 Å². The third-order valence-corrected chi connectivity index (χ3v) is 4.43. The van der Waals surface area contributed by atoms with Crippen molar-refractivity contribution in [1.29, 1.82) is 0 Å². The summed E-state index contributed by atoms with van der Waals surface area (Å²) in [6.45, 7) is 5.37. The molecule has 0 amide bonds. The summed E-state index contributed by atoms with van der Waals surface area (Å²) in [5, 5.41) is 0. The zero-order valence-corrected chi connectivity index (χ0v) is 11.2.